The van der Waals surface area contributed by atoms with Gasteiger partial charge in [0, 0.05) is 6.54 Å². The fourth-order valence-electron chi connectivity index (χ4n) is 3.58. The number of hydrogen-bond acceptors (Lipinski definition) is 6. The van der Waals surface area contributed by atoms with Crippen LogP contribution in [0.1, 0.15) is 46.2 Å². The molecule has 0 radical (unpaired) electrons. The lowest BCUT2D eigenvalue weighted by Crippen LogP contribution is -2.30. The molecule has 1 saturated heterocycles. The second-order valence-corrected chi connectivity index (χ2v) is 6.99. The number of halogens is 2. The summed E-state index contributed by atoms with van der Waals surface area (Å²) < 4.78 is 3.66. The fraction of sp³-hybridized carbons (Fsp3) is 0.421. The minimum atomic E-state index is -0.201. The van der Waals surface area contributed by atoms with Crippen molar-refractivity contribution in [3.8, 4) is 0 Å². The summed E-state index contributed by atoms with van der Waals surface area (Å²) in [6.45, 7) is 4.87. The Morgan fingerprint density at radius 3 is 2.63 bits per heavy atom. The quantitative estimate of drug-likeness (QED) is 0.592. The number of aromatic nitrogens is 6. The van der Waals surface area contributed by atoms with Gasteiger partial charge in [0.25, 0.3) is 5.91 Å². The molecule has 11 heteroatoms. The van der Waals surface area contributed by atoms with E-state index in [1.165, 1.54) is 6.33 Å². The summed E-state index contributed by atoms with van der Waals surface area (Å²) in [7, 11) is 0. The number of nitrogens with one attached hydrogen (secondary N) is 2. The van der Waals surface area contributed by atoms with E-state index in [1.807, 2.05) is 35.9 Å². The molecule has 3 aromatic rings. The number of nitrogens with zero attached hydrogens (tertiary/aromatic N) is 6. The SMILES string of the molecule is Cc1c(C(=O)NCc2ccccc2Cn2cncn2)nnn1C1CCNCC1.Cl.Cl. The van der Waals surface area contributed by atoms with Crippen molar-refractivity contribution in [2.45, 2.75) is 38.9 Å². The molecule has 162 valence electrons. The lowest BCUT2D eigenvalue weighted by molar-refractivity contribution is 0.0945. The molecule has 0 saturated carbocycles. The van der Waals surface area contributed by atoms with Crippen LogP contribution in [0.5, 0.6) is 0 Å². The third-order valence-corrected chi connectivity index (χ3v) is 5.15. The highest BCUT2D eigenvalue weighted by atomic mass is 35.5. The Hall–Kier alpha value is -2.49. The van der Waals surface area contributed by atoms with Gasteiger partial charge in [0.1, 0.15) is 12.7 Å². The molecule has 3 heterocycles. The normalized spacial score (nSPS) is 13.9. The van der Waals surface area contributed by atoms with Crippen LogP contribution in [0.25, 0.3) is 0 Å². The third-order valence-electron chi connectivity index (χ3n) is 5.15. The summed E-state index contributed by atoms with van der Waals surface area (Å²) in [5.41, 5.74) is 3.34. The Kier molecular flexibility index (Phi) is 8.76. The van der Waals surface area contributed by atoms with Gasteiger partial charge in [-0.1, -0.05) is 29.5 Å². The second kappa shape index (κ2) is 11.1. The molecule has 0 aliphatic carbocycles. The van der Waals surface area contributed by atoms with E-state index in [-0.39, 0.29) is 30.7 Å². The summed E-state index contributed by atoms with van der Waals surface area (Å²) in [5, 5.41) is 18.9. The van der Waals surface area contributed by atoms with Gasteiger partial charge >= 0.3 is 0 Å². The van der Waals surface area contributed by atoms with Gasteiger partial charge < -0.3 is 10.6 Å². The van der Waals surface area contributed by atoms with Crippen LogP contribution in [-0.2, 0) is 13.1 Å². The van der Waals surface area contributed by atoms with Crippen molar-refractivity contribution < 1.29 is 4.79 Å². The highest BCUT2D eigenvalue weighted by molar-refractivity contribution is 5.93. The second-order valence-electron chi connectivity index (χ2n) is 6.99. The van der Waals surface area contributed by atoms with Gasteiger partial charge in [0.05, 0.1) is 18.3 Å². The lowest BCUT2D eigenvalue weighted by atomic mass is 10.1. The minimum Gasteiger partial charge on any atom is -0.346 e. The molecule has 1 amide bonds. The largest absolute Gasteiger partial charge is 0.346 e. The number of rotatable bonds is 6. The molecule has 9 nitrogen and oxygen atoms in total. The maximum Gasteiger partial charge on any atom is 0.274 e. The highest BCUT2D eigenvalue weighted by Crippen LogP contribution is 2.20. The number of benzene rings is 1. The molecule has 2 N–H and O–H groups in total. The molecule has 30 heavy (non-hydrogen) atoms. The van der Waals surface area contributed by atoms with Gasteiger partial charge in [0.2, 0.25) is 0 Å². The highest BCUT2D eigenvalue weighted by Gasteiger charge is 2.22. The van der Waals surface area contributed by atoms with E-state index in [0.717, 1.165) is 42.8 Å². The predicted molar refractivity (Wildman–Crippen MR) is 117 cm³/mol. The van der Waals surface area contributed by atoms with E-state index in [2.05, 4.69) is 31.0 Å². The van der Waals surface area contributed by atoms with Gasteiger partial charge in [0.15, 0.2) is 5.69 Å². The molecule has 0 atom stereocenters. The molecule has 1 aliphatic heterocycles. The molecule has 0 unspecified atom stereocenters. The molecular weight excluding hydrogens is 427 g/mol. The standard InChI is InChI=1S/C19H24N8O.2ClH/c1-14-18(24-25-27(14)17-6-8-20-9-7-17)19(28)22-10-15-4-2-3-5-16(15)11-26-13-21-12-23-26;;/h2-5,12-13,17,20H,6-11H2,1H3,(H,22,28);2*1H. The number of amides is 1. The smallest absolute Gasteiger partial charge is 0.274 e. The number of carbonyl (C=O) groups excluding carboxylic acids is 1. The van der Waals surface area contributed by atoms with Crippen molar-refractivity contribution in [3.63, 3.8) is 0 Å². The number of hydrogen-bond donors (Lipinski definition) is 2. The number of carbonyl (C=O) groups is 1. The van der Waals surface area contributed by atoms with Crippen LogP contribution in [0.2, 0.25) is 0 Å². The fourth-order valence-corrected chi connectivity index (χ4v) is 3.58. The van der Waals surface area contributed by atoms with Crippen LogP contribution in [0.3, 0.4) is 0 Å². The summed E-state index contributed by atoms with van der Waals surface area (Å²) in [6, 6.07) is 8.28. The zero-order valence-corrected chi connectivity index (χ0v) is 18.3. The van der Waals surface area contributed by atoms with E-state index >= 15 is 0 Å². The first-order chi connectivity index (χ1) is 13.7. The van der Waals surface area contributed by atoms with E-state index in [1.54, 1.807) is 11.0 Å². The molecule has 0 bridgehead atoms. The van der Waals surface area contributed by atoms with Crippen LogP contribution in [0.4, 0.5) is 0 Å². The van der Waals surface area contributed by atoms with Crippen molar-refractivity contribution >= 4 is 30.7 Å². The van der Waals surface area contributed by atoms with Gasteiger partial charge in [-0.2, -0.15) is 5.10 Å². The van der Waals surface area contributed by atoms with Crippen LogP contribution in [0.15, 0.2) is 36.9 Å². The Labute approximate surface area is 187 Å². The van der Waals surface area contributed by atoms with Crippen molar-refractivity contribution in [1.29, 1.82) is 0 Å². The molecule has 1 aliphatic rings. The maximum atomic E-state index is 12.7. The Bertz CT molecular complexity index is 938. The summed E-state index contributed by atoms with van der Waals surface area (Å²) >= 11 is 0. The molecule has 1 aromatic carbocycles. The van der Waals surface area contributed by atoms with E-state index in [4.69, 9.17) is 0 Å². The van der Waals surface area contributed by atoms with E-state index < -0.39 is 0 Å². The Morgan fingerprint density at radius 1 is 1.20 bits per heavy atom. The molecular formula is C19H26Cl2N8O. The summed E-state index contributed by atoms with van der Waals surface area (Å²) in [5.74, 6) is -0.201. The molecule has 0 spiro atoms. The van der Waals surface area contributed by atoms with Crippen molar-refractivity contribution in [3.05, 3.63) is 59.4 Å². The van der Waals surface area contributed by atoms with Gasteiger partial charge in [-0.15, -0.1) is 29.9 Å². The minimum absolute atomic E-state index is 0. The van der Waals surface area contributed by atoms with Crippen molar-refractivity contribution in [1.82, 2.24) is 40.4 Å². The Morgan fingerprint density at radius 2 is 1.93 bits per heavy atom. The van der Waals surface area contributed by atoms with Crippen molar-refractivity contribution in [2.24, 2.45) is 0 Å². The van der Waals surface area contributed by atoms with Crippen LogP contribution >= 0.6 is 24.8 Å². The van der Waals surface area contributed by atoms with Gasteiger partial charge in [-0.3, -0.25) is 4.79 Å². The molecule has 2 aromatic heterocycles. The zero-order chi connectivity index (χ0) is 19.3. The summed E-state index contributed by atoms with van der Waals surface area (Å²) in [4.78, 5) is 16.7. The Balaban J connectivity index is 0.00000160. The zero-order valence-electron chi connectivity index (χ0n) is 16.7. The topological polar surface area (TPSA) is 103 Å². The first-order valence-corrected chi connectivity index (χ1v) is 9.52. The van der Waals surface area contributed by atoms with E-state index in [0.29, 0.717) is 24.8 Å². The molecule has 1 fully saturated rings. The van der Waals surface area contributed by atoms with Crippen LogP contribution in [-0.4, -0.2) is 48.8 Å². The predicted octanol–water partition coefficient (Wildman–Crippen LogP) is 1.92. The monoisotopic (exact) mass is 452 g/mol. The first kappa shape index (κ1) is 23.8. The van der Waals surface area contributed by atoms with Crippen molar-refractivity contribution in [2.75, 3.05) is 13.1 Å². The summed E-state index contributed by atoms with van der Waals surface area (Å²) in [6.07, 6.45) is 5.19. The van der Waals surface area contributed by atoms with Crippen LogP contribution < -0.4 is 10.6 Å². The average Bonchev–Trinajstić information content (AvgIpc) is 3.37. The van der Waals surface area contributed by atoms with Gasteiger partial charge in [-0.05, 0) is 44.0 Å². The first-order valence-electron chi connectivity index (χ1n) is 9.52. The van der Waals surface area contributed by atoms with Gasteiger partial charge in [-0.25, -0.2) is 14.3 Å². The van der Waals surface area contributed by atoms with E-state index in [9.17, 15) is 4.79 Å². The maximum absolute atomic E-state index is 12.7. The molecule has 4 rings (SSSR count). The van der Waals surface area contributed by atoms with Crippen LogP contribution in [0, 0.1) is 6.92 Å². The third kappa shape index (κ3) is 5.35. The number of piperidine rings is 1. The average molecular weight is 453 g/mol. The lowest BCUT2D eigenvalue weighted by Gasteiger charge is -2.23.